The lowest BCUT2D eigenvalue weighted by atomic mass is 10.1. The van der Waals surface area contributed by atoms with Crippen molar-refractivity contribution >= 4 is 35.0 Å². The molecule has 6 heteroatoms. The van der Waals surface area contributed by atoms with Gasteiger partial charge in [0.2, 0.25) is 0 Å². The van der Waals surface area contributed by atoms with Crippen LogP contribution in [0.2, 0.25) is 5.02 Å². The third-order valence-electron chi connectivity index (χ3n) is 3.13. The van der Waals surface area contributed by atoms with E-state index in [2.05, 4.69) is 5.32 Å². The average Bonchev–Trinajstić information content (AvgIpc) is 2.78. The number of hydrogen-bond acceptors (Lipinski definition) is 4. The molecule has 1 aromatic heterocycles. The molecule has 0 aliphatic carbocycles. The fourth-order valence-electron chi connectivity index (χ4n) is 2.04. The number of benzene rings is 1. The van der Waals surface area contributed by atoms with Crippen molar-refractivity contribution in [3.63, 3.8) is 0 Å². The van der Waals surface area contributed by atoms with Gasteiger partial charge in [0, 0.05) is 10.7 Å². The van der Waals surface area contributed by atoms with Crippen LogP contribution in [0.1, 0.15) is 22.9 Å². The van der Waals surface area contributed by atoms with Crippen LogP contribution >= 0.6 is 23.4 Å². The highest BCUT2D eigenvalue weighted by molar-refractivity contribution is 7.98. The maximum atomic E-state index is 11.6. The number of halogens is 1. The Bertz CT molecular complexity index is 669. The highest BCUT2D eigenvalue weighted by Gasteiger charge is 2.26. The number of furan rings is 1. The standard InChI is InChI=1S/C15H16ClNO3S/c1-8-6-10(16)4-5-11(8)17-13(15(18)19)14-9(2)7-12(20-14)21-3/h4-7,13,17H,1-3H3,(H,18,19). The number of carboxylic acid groups (broad SMARTS) is 1. The smallest absolute Gasteiger partial charge is 0.334 e. The number of rotatable bonds is 5. The van der Waals surface area contributed by atoms with Gasteiger partial charge < -0.3 is 14.8 Å². The normalized spacial score (nSPS) is 12.2. The van der Waals surface area contributed by atoms with Crippen LogP contribution < -0.4 is 5.32 Å². The van der Waals surface area contributed by atoms with Gasteiger partial charge in [-0.25, -0.2) is 4.79 Å². The van der Waals surface area contributed by atoms with E-state index in [4.69, 9.17) is 16.0 Å². The first-order valence-electron chi connectivity index (χ1n) is 6.32. The molecule has 0 saturated heterocycles. The Morgan fingerprint density at radius 1 is 1.33 bits per heavy atom. The maximum absolute atomic E-state index is 11.6. The second kappa shape index (κ2) is 6.45. The average molecular weight is 326 g/mol. The summed E-state index contributed by atoms with van der Waals surface area (Å²) in [6.07, 6.45) is 1.88. The summed E-state index contributed by atoms with van der Waals surface area (Å²) in [6, 6.07) is 6.17. The third kappa shape index (κ3) is 3.54. The van der Waals surface area contributed by atoms with Crippen molar-refractivity contribution in [2.24, 2.45) is 0 Å². The molecule has 2 N–H and O–H groups in total. The highest BCUT2D eigenvalue weighted by Crippen LogP contribution is 2.31. The van der Waals surface area contributed by atoms with Crippen LogP contribution in [0.3, 0.4) is 0 Å². The summed E-state index contributed by atoms with van der Waals surface area (Å²) in [5.41, 5.74) is 2.40. The van der Waals surface area contributed by atoms with Crippen molar-refractivity contribution < 1.29 is 14.3 Å². The summed E-state index contributed by atoms with van der Waals surface area (Å²) in [7, 11) is 0. The molecular weight excluding hydrogens is 310 g/mol. The number of carboxylic acids is 1. The minimum absolute atomic E-state index is 0.418. The molecule has 0 bridgehead atoms. The van der Waals surface area contributed by atoms with E-state index in [0.717, 1.165) is 11.1 Å². The van der Waals surface area contributed by atoms with Gasteiger partial charge in [-0.1, -0.05) is 23.4 Å². The van der Waals surface area contributed by atoms with Gasteiger partial charge in [0.15, 0.2) is 11.1 Å². The fourth-order valence-corrected chi connectivity index (χ4v) is 2.73. The molecule has 0 fully saturated rings. The Balaban J connectivity index is 2.35. The lowest BCUT2D eigenvalue weighted by Gasteiger charge is -2.16. The van der Waals surface area contributed by atoms with Crippen LogP contribution in [0.5, 0.6) is 0 Å². The summed E-state index contributed by atoms with van der Waals surface area (Å²) in [5.74, 6) is -0.573. The summed E-state index contributed by atoms with van der Waals surface area (Å²) in [6.45, 7) is 3.71. The number of nitrogens with one attached hydrogen (secondary N) is 1. The molecule has 112 valence electrons. The number of carbonyl (C=O) groups is 1. The van der Waals surface area contributed by atoms with Gasteiger partial charge in [-0.2, -0.15) is 0 Å². The number of aliphatic carboxylic acids is 1. The quantitative estimate of drug-likeness (QED) is 0.792. The number of anilines is 1. The van der Waals surface area contributed by atoms with Gasteiger partial charge in [0.05, 0.1) is 0 Å². The molecule has 2 aromatic rings. The molecule has 0 radical (unpaired) electrons. The third-order valence-corrected chi connectivity index (χ3v) is 3.97. The Labute approximate surface area is 132 Å². The molecule has 1 aromatic carbocycles. The molecule has 1 unspecified atom stereocenters. The maximum Gasteiger partial charge on any atom is 0.334 e. The van der Waals surface area contributed by atoms with Crippen LogP contribution in [0, 0.1) is 13.8 Å². The Hall–Kier alpha value is -1.59. The van der Waals surface area contributed by atoms with Crippen molar-refractivity contribution in [1.82, 2.24) is 0 Å². The number of aryl methyl sites for hydroxylation is 2. The minimum Gasteiger partial charge on any atom is -0.479 e. The van der Waals surface area contributed by atoms with Crippen LogP contribution in [0.15, 0.2) is 33.8 Å². The first kappa shape index (κ1) is 15.8. The van der Waals surface area contributed by atoms with E-state index >= 15 is 0 Å². The Morgan fingerprint density at radius 3 is 2.57 bits per heavy atom. The van der Waals surface area contributed by atoms with Gasteiger partial charge in [0.25, 0.3) is 0 Å². The van der Waals surface area contributed by atoms with Crippen molar-refractivity contribution in [3.8, 4) is 0 Å². The molecule has 0 spiro atoms. The van der Waals surface area contributed by atoms with E-state index < -0.39 is 12.0 Å². The first-order chi connectivity index (χ1) is 9.92. The van der Waals surface area contributed by atoms with E-state index in [9.17, 15) is 9.90 Å². The molecule has 0 aliphatic rings. The van der Waals surface area contributed by atoms with Crippen LogP contribution in [-0.2, 0) is 4.79 Å². The predicted octanol–water partition coefficient (Wildman–Crippen LogP) is 4.51. The molecular formula is C15H16ClNO3S. The van der Waals surface area contributed by atoms with Gasteiger partial charge in [-0.15, -0.1) is 0 Å². The first-order valence-corrected chi connectivity index (χ1v) is 7.92. The molecule has 0 amide bonds. The Morgan fingerprint density at radius 2 is 2.05 bits per heavy atom. The second-order valence-electron chi connectivity index (χ2n) is 4.69. The number of thioether (sulfide) groups is 1. The zero-order valence-electron chi connectivity index (χ0n) is 11.9. The van der Waals surface area contributed by atoms with E-state index in [-0.39, 0.29) is 0 Å². The predicted molar refractivity (Wildman–Crippen MR) is 85.4 cm³/mol. The molecule has 1 heterocycles. The van der Waals surface area contributed by atoms with Gasteiger partial charge >= 0.3 is 5.97 Å². The van der Waals surface area contributed by atoms with Gasteiger partial charge in [-0.3, -0.25) is 0 Å². The van der Waals surface area contributed by atoms with Gasteiger partial charge in [0.1, 0.15) is 5.76 Å². The fraction of sp³-hybridized carbons (Fsp3) is 0.267. The summed E-state index contributed by atoms with van der Waals surface area (Å²) < 4.78 is 5.62. The summed E-state index contributed by atoms with van der Waals surface area (Å²) in [5, 5.41) is 13.8. The molecule has 1 atom stereocenters. The highest BCUT2D eigenvalue weighted by atomic mass is 35.5. The topological polar surface area (TPSA) is 62.5 Å². The largest absolute Gasteiger partial charge is 0.479 e. The summed E-state index contributed by atoms with van der Waals surface area (Å²) in [4.78, 5) is 11.6. The van der Waals surface area contributed by atoms with E-state index in [1.807, 2.05) is 26.2 Å². The molecule has 0 aliphatic heterocycles. The van der Waals surface area contributed by atoms with Crippen molar-refractivity contribution in [1.29, 1.82) is 0 Å². The van der Waals surface area contributed by atoms with Crippen molar-refractivity contribution in [3.05, 3.63) is 46.2 Å². The van der Waals surface area contributed by atoms with Gasteiger partial charge in [-0.05, 0) is 55.5 Å². The van der Waals surface area contributed by atoms with Crippen molar-refractivity contribution in [2.75, 3.05) is 11.6 Å². The second-order valence-corrected chi connectivity index (χ2v) is 5.94. The zero-order valence-corrected chi connectivity index (χ0v) is 13.5. The number of hydrogen-bond donors (Lipinski definition) is 2. The monoisotopic (exact) mass is 325 g/mol. The SMILES string of the molecule is CSc1cc(C)c(C(Nc2ccc(Cl)cc2C)C(=O)O)o1. The molecule has 2 rings (SSSR count). The van der Waals surface area contributed by atoms with E-state index in [0.29, 0.717) is 21.6 Å². The minimum atomic E-state index is -0.991. The molecule has 0 saturated carbocycles. The summed E-state index contributed by atoms with van der Waals surface area (Å²) >= 11 is 7.35. The Kier molecular flexibility index (Phi) is 4.85. The van der Waals surface area contributed by atoms with Crippen LogP contribution in [0.4, 0.5) is 5.69 Å². The van der Waals surface area contributed by atoms with Crippen molar-refractivity contribution in [2.45, 2.75) is 25.0 Å². The lowest BCUT2D eigenvalue weighted by Crippen LogP contribution is -2.21. The molecule has 4 nitrogen and oxygen atoms in total. The van der Waals surface area contributed by atoms with E-state index in [1.54, 1.807) is 18.2 Å². The van der Waals surface area contributed by atoms with Crippen LogP contribution in [-0.4, -0.2) is 17.3 Å². The van der Waals surface area contributed by atoms with Crippen LogP contribution in [0.25, 0.3) is 0 Å². The molecule has 21 heavy (non-hydrogen) atoms. The van der Waals surface area contributed by atoms with E-state index in [1.165, 1.54) is 11.8 Å². The zero-order chi connectivity index (χ0) is 15.6. The lowest BCUT2D eigenvalue weighted by molar-refractivity contribution is -0.138.